The highest BCUT2D eigenvalue weighted by atomic mass is 79.9. The van der Waals surface area contributed by atoms with Crippen LogP contribution in [0, 0.1) is 0 Å². The molecule has 1 aromatic rings. The van der Waals surface area contributed by atoms with Crippen molar-refractivity contribution in [3.8, 4) is 0 Å². The van der Waals surface area contributed by atoms with Gasteiger partial charge in [0.1, 0.15) is 4.60 Å². The molecule has 0 radical (unpaired) electrons. The second kappa shape index (κ2) is 7.02. The third-order valence-corrected chi connectivity index (χ3v) is 3.84. The predicted octanol–water partition coefficient (Wildman–Crippen LogP) is 2.76. The van der Waals surface area contributed by atoms with E-state index in [-0.39, 0.29) is 0 Å². The minimum absolute atomic E-state index is 0.464. The summed E-state index contributed by atoms with van der Waals surface area (Å²) in [4.78, 5) is 6.90. The van der Waals surface area contributed by atoms with E-state index >= 15 is 0 Å². The van der Waals surface area contributed by atoms with Crippen LogP contribution in [-0.4, -0.2) is 36.1 Å². The van der Waals surface area contributed by atoms with Crippen LogP contribution in [0.2, 0.25) is 0 Å². The normalized spacial score (nSPS) is 18.5. The van der Waals surface area contributed by atoms with Gasteiger partial charge < -0.3 is 5.32 Å². The minimum Gasteiger partial charge on any atom is -0.314 e. The molecule has 1 aromatic heterocycles. The van der Waals surface area contributed by atoms with Crippen molar-refractivity contribution < 1.29 is 0 Å². The summed E-state index contributed by atoms with van der Waals surface area (Å²) < 4.78 is 0.897. The van der Waals surface area contributed by atoms with E-state index in [0.29, 0.717) is 6.04 Å². The van der Waals surface area contributed by atoms with Crippen LogP contribution in [0.1, 0.15) is 24.4 Å². The van der Waals surface area contributed by atoms with Crippen molar-refractivity contribution in [3.63, 3.8) is 0 Å². The monoisotopic (exact) mass is 309 g/mol. The lowest BCUT2D eigenvalue weighted by atomic mass is 10.0. The van der Waals surface area contributed by atoms with Crippen molar-refractivity contribution in [2.75, 3.05) is 26.2 Å². The first kappa shape index (κ1) is 13.7. The van der Waals surface area contributed by atoms with Crippen LogP contribution in [0.25, 0.3) is 0 Å². The number of halogens is 1. The zero-order chi connectivity index (χ0) is 12.8. The second-order valence-electron chi connectivity index (χ2n) is 4.58. The lowest BCUT2D eigenvalue weighted by molar-refractivity contribution is 0.166. The second-order valence-corrected chi connectivity index (χ2v) is 5.39. The zero-order valence-electron chi connectivity index (χ0n) is 10.6. The summed E-state index contributed by atoms with van der Waals surface area (Å²) in [6.07, 6.45) is 6.15. The molecule has 1 aliphatic heterocycles. The van der Waals surface area contributed by atoms with Gasteiger partial charge in [-0.05, 0) is 40.4 Å². The zero-order valence-corrected chi connectivity index (χ0v) is 12.2. The lowest BCUT2D eigenvalue weighted by Crippen LogP contribution is -2.45. The summed E-state index contributed by atoms with van der Waals surface area (Å²) in [6.45, 7) is 8.21. The summed E-state index contributed by atoms with van der Waals surface area (Å²) >= 11 is 3.39. The van der Waals surface area contributed by atoms with Crippen molar-refractivity contribution in [2.45, 2.75) is 18.9 Å². The summed E-state index contributed by atoms with van der Waals surface area (Å²) in [5, 5.41) is 3.40. The number of rotatable bonds is 5. The van der Waals surface area contributed by atoms with E-state index in [1.165, 1.54) is 5.56 Å². The Balaban J connectivity index is 2.12. The van der Waals surface area contributed by atoms with Gasteiger partial charge in [0.2, 0.25) is 0 Å². The Morgan fingerprint density at radius 3 is 2.83 bits per heavy atom. The third kappa shape index (κ3) is 3.64. The summed E-state index contributed by atoms with van der Waals surface area (Å²) in [5.41, 5.74) is 1.31. The molecule has 0 aromatic carbocycles. The topological polar surface area (TPSA) is 28.2 Å². The van der Waals surface area contributed by atoms with Gasteiger partial charge in [0.05, 0.1) is 0 Å². The number of pyridine rings is 1. The van der Waals surface area contributed by atoms with Crippen LogP contribution >= 0.6 is 15.9 Å². The van der Waals surface area contributed by atoms with Crippen LogP contribution in [-0.2, 0) is 0 Å². The Hall–Kier alpha value is -0.710. The summed E-state index contributed by atoms with van der Waals surface area (Å²) in [7, 11) is 0. The molecular formula is C14H20BrN3. The van der Waals surface area contributed by atoms with Crippen molar-refractivity contribution in [1.82, 2.24) is 15.2 Å². The fraction of sp³-hybridized carbons (Fsp3) is 0.500. The molecule has 3 nitrogen and oxygen atoms in total. The van der Waals surface area contributed by atoms with E-state index in [0.717, 1.165) is 43.6 Å². The first-order valence-corrected chi connectivity index (χ1v) is 7.27. The standard InChI is InChI=1S/C14H20BrN3/c1-2-3-4-13(18-9-7-16-8-10-18)12-5-6-14(15)17-11-12/h2,5-6,11,13,16H,1,3-4,7-10H2/t13-/m0/s1. The fourth-order valence-corrected chi connectivity index (χ4v) is 2.65. The molecule has 4 heteroatoms. The Labute approximate surface area is 117 Å². The van der Waals surface area contributed by atoms with Crippen LogP contribution in [0.3, 0.4) is 0 Å². The number of hydrogen-bond acceptors (Lipinski definition) is 3. The van der Waals surface area contributed by atoms with Crippen LogP contribution in [0.15, 0.2) is 35.6 Å². The Bertz CT molecular complexity index is 371. The summed E-state index contributed by atoms with van der Waals surface area (Å²) in [5.74, 6) is 0. The maximum absolute atomic E-state index is 4.35. The van der Waals surface area contributed by atoms with E-state index < -0.39 is 0 Å². The van der Waals surface area contributed by atoms with Crippen molar-refractivity contribution in [3.05, 3.63) is 41.2 Å². The minimum atomic E-state index is 0.464. The Morgan fingerprint density at radius 2 is 2.22 bits per heavy atom. The van der Waals surface area contributed by atoms with E-state index in [9.17, 15) is 0 Å². The molecule has 98 valence electrons. The van der Waals surface area contributed by atoms with Gasteiger partial charge in [-0.3, -0.25) is 4.90 Å². The number of piperazine rings is 1. The number of hydrogen-bond donors (Lipinski definition) is 1. The molecule has 0 bridgehead atoms. The quantitative estimate of drug-likeness (QED) is 0.669. The molecule has 2 rings (SSSR count). The lowest BCUT2D eigenvalue weighted by Gasteiger charge is -2.35. The van der Waals surface area contributed by atoms with E-state index in [4.69, 9.17) is 0 Å². The highest BCUT2D eigenvalue weighted by molar-refractivity contribution is 9.10. The molecule has 0 aliphatic carbocycles. The highest BCUT2D eigenvalue weighted by Crippen LogP contribution is 2.26. The average Bonchev–Trinajstić information content (AvgIpc) is 2.42. The SMILES string of the molecule is C=CCC[C@@H](c1ccc(Br)nc1)N1CCNCC1. The molecule has 1 atom stereocenters. The van der Waals surface area contributed by atoms with E-state index in [1.54, 1.807) is 0 Å². The maximum Gasteiger partial charge on any atom is 0.106 e. The number of allylic oxidation sites excluding steroid dienone is 1. The van der Waals surface area contributed by atoms with Gasteiger partial charge in [-0.1, -0.05) is 12.1 Å². The van der Waals surface area contributed by atoms with Crippen LogP contribution in [0.5, 0.6) is 0 Å². The maximum atomic E-state index is 4.35. The number of nitrogens with zero attached hydrogens (tertiary/aromatic N) is 2. The molecule has 1 N–H and O–H groups in total. The third-order valence-electron chi connectivity index (χ3n) is 3.37. The molecule has 0 spiro atoms. The Kier molecular flexibility index (Phi) is 5.35. The van der Waals surface area contributed by atoms with Gasteiger partial charge in [-0.15, -0.1) is 6.58 Å². The number of nitrogens with one attached hydrogen (secondary N) is 1. The summed E-state index contributed by atoms with van der Waals surface area (Å²) in [6, 6.07) is 4.66. The van der Waals surface area contributed by atoms with Crippen LogP contribution in [0.4, 0.5) is 0 Å². The average molecular weight is 310 g/mol. The predicted molar refractivity (Wildman–Crippen MR) is 78.6 cm³/mol. The molecule has 1 saturated heterocycles. The first-order chi connectivity index (χ1) is 8.81. The molecule has 0 unspecified atom stereocenters. The molecule has 1 aliphatic rings. The van der Waals surface area contributed by atoms with Gasteiger partial charge in [0, 0.05) is 38.4 Å². The smallest absolute Gasteiger partial charge is 0.106 e. The molecular weight excluding hydrogens is 290 g/mol. The van der Waals surface area contributed by atoms with Gasteiger partial charge in [-0.25, -0.2) is 4.98 Å². The number of aromatic nitrogens is 1. The van der Waals surface area contributed by atoms with E-state index in [1.807, 2.05) is 18.3 Å². The molecule has 1 fully saturated rings. The molecule has 18 heavy (non-hydrogen) atoms. The molecule has 0 saturated carbocycles. The molecule has 0 amide bonds. The van der Waals surface area contributed by atoms with Gasteiger partial charge >= 0.3 is 0 Å². The Morgan fingerprint density at radius 1 is 1.44 bits per heavy atom. The van der Waals surface area contributed by atoms with Crippen molar-refractivity contribution >= 4 is 15.9 Å². The van der Waals surface area contributed by atoms with Crippen molar-refractivity contribution in [2.24, 2.45) is 0 Å². The van der Waals surface area contributed by atoms with Crippen LogP contribution < -0.4 is 5.32 Å². The largest absolute Gasteiger partial charge is 0.314 e. The molecule has 2 heterocycles. The van der Waals surface area contributed by atoms with Gasteiger partial charge in [-0.2, -0.15) is 0 Å². The highest BCUT2D eigenvalue weighted by Gasteiger charge is 2.21. The van der Waals surface area contributed by atoms with Gasteiger partial charge in [0.15, 0.2) is 0 Å². The fourth-order valence-electron chi connectivity index (χ4n) is 2.41. The van der Waals surface area contributed by atoms with E-state index in [2.05, 4.69) is 43.8 Å². The van der Waals surface area contributed by atoms with Gasteiger partial charge in [0.25, 0.3) is 0 Å². The van der Waals surface area contributed by atoms with Crippen molar-refractivity contribution in [1.29, 1.82) is 0 Å². The first-order valence-electron chi connectivity index (χ1n) is 6.48.